The smallest absolute Gasteiger partial charge is 0.260 e. The molecule has 2 aromatic rings. The highest BCUT2D eigenvalue weighted by molar-refractivity contribution is 7.89. The van der Waals surface area contributed by atoms with Crippen molar-refractivity contribution >= 4 is 22.4 Å². The van der Waals surface area contributed by atoms with Crippen LogP contribution in [0.25, 0.3) is 0 Å². The second-order valence-electron chi connectivity index (χ2n) is 5.92. The summed E-state index contributed by atoms with van der Waals surface area (Å²) in [6, 6.07) is 9.61. The van der Waals surface area contributed by atoms with Crippen LogP contribution in [0.1, 0.15) is 31.0 Å². The van der Waals surface area contributed by atoms with E-state index in [1.165, 1.54) is 10.2 Å². The molecule has 1 fully saturated rings. The summed E-state index contributed by atoms with van der Waals surface area (Å²) in [4.78, 5) is 0. The summed E-state index contributed by atoms with van der Waals surface area (Å²) in [5, 5.41) is 7.69. The van der Waals surface area contributed by atoms with Gasteiger partial charge in [-0.15, -0.1) is 12.4 Å². The van der Waals surface area contributed by atoms with Crippen LogP contribution in [0.3, 0.4) is 0 Å². The SMILES string of the molecule is CCc1ccc(C2CNCCN2S(=O)(=O)c2ccnn2CC)cc1.Cl. The minimum absolute atomic E-state index is 0. The molecule has 3 rings (SSSR count). The number of hydrogen-bond donors (Lipinski definition) is 1. The van der Waals surface area contributed by atoms with Gasteiger partial charge in [-0.1, -0.05) is 31.2 Å². The molecule has 0 radical (unpaired) electrons. The van der Waals surface area contributed by atoms with Gasteiger partial charge in [-0.2, -0.15) is 9.40 Å². The molecule has 0 spiro atoms. The number of benzene rings is 1. The van der Waals surface area contributed by atoms with Gasteiger partial charge in [-0.3, -0.25) is 4.68 Å². The predicted molar refractivity (Wildman–Crippen MR) is 100 cm³/mol. The lowest BCUT2D eigenvalue weighted by atomic mass is 10.0. The lowest BCUT2D eigenvalue weighted by Gasteiger charge is -2.35. The molecule has 0 saturated carbocycles. The van der Waals surface area contributed by atoms with Crippen molar-refractivity contribution in [1.29, 1.82) is 0 Å². The minimum atomic E-state index is -3.58. The molecule has 1 atom stereocenters. The first-order chi connectivity index (χ1) is 11.6. The number of piperazine rings is 1. The quantitative estimate of drug-likeness (QED) is 0.858. The summed E-state index contributed by atoms with van der Waals surface area (Å²) in [6.07, 6.45) is 2.52. The van der Waals surface area contributed by atoms with Crippen LogP contribution in [-0.4, -0.2) is 42.1 Å². The van der Waals surface area contributed by atoms with E-state index in [2.05, 4.69) is 29.5 Å². The first kappa shape index (κ1) is 19.9. The van der Waals surface area contributed by atoms with Gasteiger partial charge in [-0.05, 0) is 30.5 Å². The van der Waals surface area contributed by atoms with Crippen molar-refractivity contribution in [2.45, 2.75) is 37.9 Å². The zero-order valence-corrected chi connectivity index (χ0v) is 16.2. The van der Waals surface area contributed by atoms with E-state index < -0.39 is 10.0 Å². The third-order valence-electron chi connectivity index (χ3n) is 4.52. The van der Waals surface area contributed by atoms with Gasteiger partial charge in [0.2, 0.25) is 0 Å². The van der Waals surface area contributed by atoms with Crippen molar-refractivity contribution in [3.8, 4) is 0 Å². The van der Waals surface area contributed by atoms with E-state index in [4.69, 9.17) is 0 Å². The second kappa shape index (κ2) is 8.31. The molecule has 8 heteroatoms. The fourth-order valence-corrected chi connectivity index (χ4v) is 4.91. The van der Waals surface area contributed by atoms with Gasteiger partial charge in [0.25, 0.3) is 10.0 Å². The maximum Gasteiger partial charge on any atom is 0.260 e. The van der Waals surface area contributed by atoms with Crippen LogP contribution in [0.2, 0.25) is 0 Å². The lowest BCUT2D eigenvalue weighted by Crippen LogP contribution is -2.48. The number of nitrogens with one attached hydrogen (secondary N) is 1. The van der Waals surface area contributed by atoms with Crippen LogP contribution in [0.4, 0.5) is 0 Å². The number of hydrogen-bond acceptors (Lipinski definition) is 4. The first-order valence-electron chi connectivity index (χ1n) is 8.41. The molecule has 2 heterocycles. The van der Waals surface area contributed by atoms with Crippen molar-refractivity contribution in [3.05, 3.63) is 47.7 Å². The maximum atomic E-state index is 13.2. The normalized spacial score (nSPS) is 18.7. The second-order valence-corrected chi connectivity index (χ2v) is 7.75. The molecule has 0 bridgehead atoms. The third-order valence-corrected chi connectivity index (χ3v) is 6.45. The van der Waals surface area contributed by atoms with Crippen LogP contribution >= 0.6 is 12.4 Å². The van der Waals surface area contributed by atoms with E-state index in [1.807, 2.05) is 19.1 Å². The van der Waals surface area contributed by atoms with Gasteiger partial charge in [0.1, 0.15) is 0 Å². The Bertz CT molecular complexity index is 789. The molecule has 1 aliphatic rings. The average molecular weight is 385 g/mol. The zero-order chi connectivity index (χ0) is 17.2. The number of halogens is 1. The first-order valence-corrected chi connectivity index (χ1v) is 9.85. The van der Waals surface area contributed by atoms with Crippen LogP contribution in [-0.2, 0) is 23.0 Å². The van der Waals surface area contributed by atoms with Crippen molar-refractivity contribution in [2.24, 2.45) is 0 Å². The highest BCUT2D eigenvalue weighted by Crippen LogP contribution is 2.29. The summed E-state index contributed by atoms with van der Waals surface area (Å²) in [7, 11) is -3.58. The molecule has 1 saturated heterocycles. The van der Waals surface area contributed by atoms with Gasteiger partial charge >= 0.3 is 0 Å². The number of aryl methyl sites for hydroxylation is 2. The Morgan fingerprint density at radius 3 is 2.56 bits per heavy atom. The Labute approximate surface area is 155 Å². The third kappa shape index (κ3) is 3.89. The molecule has 1 aliphatic heterocycles. The van der Waals surface area contributed by atoms with Gasteiger partial charge in [-0.25, -0.2) is 8.42 Å². The monoisotopic (exact) mass is 384 g/mol. The lowest BCUT2D eigenvalue weighted by molar-refractivity contribution is 0.269. The molecule has 138 valence electrons. The number of aromatic nitrogens is 2. The number of sulfonamides is 1. The highest BCUT2D eigenvalue weighted by Gasteiger charge is 2.36. The number of nitrogens with zero attached hydrogens (tertiary/aromatic N) is 3. The van der Waals surface area contributed by atoms with E-state index in [-0.39, 0.29) is 23.5 Å². The summed E-state index contributed by atoms with van der Waals surface area (Å²) in [5.41, 5.74) is 2.27. The molecule has 1 aromatic heterocycles. The summed E-state index contributed by atoms with van der Waals surface area (Å²) in [5.74, 6) is 0. The van der Waals surface area contributed by atoms with Crippen LogP contribution in [0.5, 0.6) is 0 Å². The molecule has 1 aromatic carbocycles. The number of rotatable bonds is 5. The van der Waals surface area contributed by atoms with Crippen molar-refractivity contribution in [2.75, 3.05) is 19.6 Å². The van der Waals surface area contributed by atoms with Crippen LogP contribution in [0, 0.1) is 0 Å². The molecule has 0 amide bonds. The topological polar surface area (TPSA) is 67.2 Å². The van der Waals surface area contributed by atoms with E-state index in [1.54, 1.807) is 16.6 Å². The fraction of sp³-hybridized carbons (Fsp3) is 0.471. The molecule has 1 N–H and O–H groups in total. The van der Waals surface area contributed by atoms with Gasteiger partial charge in [0, 0.05) is 26.2 Å². The molecular weight excluding hydrogens is 360 g/mol. The summed E-state index contributed by atoms with van der Waals surface area (Å²) in [6.45, 7) is 6.26. The molecule has 1 unspecified atom stereocenters. The molecule has 6 nitrogen and oxygen atoms in total. The Balaban J connectivity index is 0.00000225. The maximum absolute atomic E-state index is 13.2. The average Bonchev–Trinajstić information content (AvgIpc) is 3.11. The largest absolute Gasteiger partial charge is 0.313 e. The predicted octanol–water partition coefficient (Wildman–Crippen LogP) is 2.22. The highest BCUT2D eigenvalue weighted by atomic mass is 35.5. The molecular formula is C17H25ClN4O2S. The van der Waals surface area contributed by atoms with E-state index in [0.29, 0.717) is 26.2 Å². The molecule has 25 heavy (non-hydrogen) atoms. The zero-order valence-electron chi connectivity index (χ0n) is 14.6. The van der Waals surface area contributed by atoms with E-state index in [9.17, 15) is 8.42 Å². The van der Waals surface area contributed by atoms with Gasteiger partial charge < -0.3 is 5.32 Å². The van der Waals surface area contributed by atoms with Crippen molar-refractivity contribution in [1.82, 2.24) is 19.4 Å². The van der Waals surface area contributed by atoms with Gasteiger partial charge in [0.05, 0.1) is 12.2 Å². The van der Waals surface area contributed by atoms with Crippen LogP contribution < -0.4 is 5.32 Å². The Morgan fingerprint density at radius 2 is 1.92 bits per heavy atom. The molecule has 0 aliphatic carbocycles. The van der Waals surface area contributed by atoms with Crippen molar-refractivity contribution in [3.63, 3.8) is 0 Å². The Morgan fingerprint density at radius 1 is 1.20 bits per heavy atom. The van der Waals surface area contributed by atoms with Crippen LogP contribution in [0.15, 0.2) is 41.6 Å². The standard InChI is InChI=1S/C17H24N4O2S.ClH/c1-3-14-5-7-15(8-6-14)16-13-18-11-12-21(16)24(22,23)17-9-10-19-20(17)4-2;/h5-10,16,18H,3-4,11-13H2,1-2H3;1H. The van der Waals surface area contributed by atoms with E-state index in [0.717, 1.165) is 12.0 Å². The summed E-state index contributed by atoms with van der Waals surface area (Å²) >= 11 is 0. The van der Waals surface area contributed by atoms with Gasteiger partial charge in [0.15, 0.2) is 5.03 Å². The Kier molecular flexibility index (Phi) is 6.62. The summed E-state index contributed by atoms with van der Waals surface area (Å²) < 4.78 is 29.5. The van der Waals surface area contributed by atoms with Crippen molar-refractivity contribution < 1.29 is 8.42 Å². The van der Waals surface area contributed by atoms with E-state index >= 15 is 0 Å². The minimum Gasteiger partial charge on any atom is -0.313 e. The Hall–Kier alpha value is -1.41. The fourth-order valence-electron chi connectivity index (χ4n) is 3.13.